The third kappa shape index (κ3) is 3.20. The SMILES string of the molecule is Cc1nn(C)c(C)c1C(C)NC(=O)c1ccc2c(c1)SC1=NS(=O)(=O)CCN12. The molecule has 0 saturated heterocycles. The monoisotopic (exact) mass is 419 g/mol. The largest absolute Gasteiger partial charge is 0.345 e. The highest BCUT2D eigenvalue weighted by Crippen LogP contribution is 2.42. The Labute approximate surface area is 168 Å². The number of fused-ring (bicyclic) bond motifs is 3. The molecule has 0 spiro atoms. The van der Waals surface area contributed by atoms with Gasteiger partial charge in [0.1, 0.15) is 0 Å². The molecule has 4 rings (SSSR count). The maximum Gasteiger partial charge on any atom is 0.257 e. The fourth-order valence-electron chi connectivity index (χ4n) is 3.64. The summed E-state index contributed by atoms with van der Waals surface area (Å²) in [7, 11) is -1.51. The van der Waals surface area contributed by atoms with E-state index in [2.05, 4.69) is 14.8 Å². The Balaban J connectivity index is 1.56. The molecule has 3 heterocycles. The summed E-state index contributed by atoms with van der Waals surface area (Å²) >= 11 is 1.28. The van der Waals surface area contributed by atoms with E-state index in [4.69, 9.17) is 0 Å². The van der Waals surface area contributed by atoms with E-state index in [-0.39, 0.29) is 17.7 Å². The molecule has 2 aliphatic heterocycles. The first-order valence-electron chi connectivity index (χ1n) is 8.89. The minimum atomic E-state index is -3.40. The number of amidine groups is 1. The smallest absolute Gasteiger partial charge is 0.257 e. The van der Waals surface area contributed by atoms with Gasteiger partial charge in [0.25, 0.3) is 15.9 Å². The molecule has 28 heavy (non-hydrogen) atoms. The highest BCUT2D eigenvalue weighted by atomic mass is 32.2. The van der Waals surface area contributed by atoms with Crippen LogP contribution in [0.25, 0.3) is 0 Å². The molecule has 1 amide bonds. The highest BCUT2D eigenvalue weighted by Gasteiger charge is 2.33. The van der Waals surface area contributed by atoms with Crippen LogP contribution in [0.3, 0.4) is 0 Å². The molecule has 2 aliphatic rings. The van der Waals surface area contributed by atoms with E-state index in [1.807, 2.05) is 43.5 Å². The maximum absolute atomic E-state index is 12.8. The molecular weight excluding hydrogens is 398 g/mol. The van der Waals surface area contributed by atoms with Crippen molar-refractivity contribution in [3.05, 3.63) is 40.7 Å². The second-order valence-electron chi connectivity index (χ2n) is 7.00. The lowest BCUT2D eigenvalue weighted by atomic mass is 10.1. The van der Waals surface area contributed by atoms with Crippen molar-refractivity contribution >= 4 is 38.5 Å². The van der Waals surface area contributed by atoms with Gasteiger partial charge in [0.05, 0.1) is 23.2 Å². The van der Waals surface area contributed by atoms with E-state index in [1.165, 1.54) is 11.8 Å². The molecule has 148 valence electrons. The van der Waals surface area contributed by atoms with Crippen molar-refractivity contribution in [2.24, 2.45) is 11.4 Å². The minimum absolute atomic E-state index is 0.0000650. The zero-order valence-electron chi connectivity index (χ0n) is 16.1. The van der Waals surface area contributed by atoms with E-state index in [1.54, 1.807) is 12.1 Å². The van der Waals surface area contributed by atoms with Crippen LogP contribution in [0.5, 0.6) is 0 Å². The molecule has 2 aromatic rings. The summed E-state index contributed by atoms with van der Waals surface area (Å²) in [5.74, 6) is -0.182. The summed E-state index contributed by atoms with van der Waals surface area (Å²) in [5.41, 5.74) is 4.35. The molecule has 1 N–H and O–H groups in total. The van der Waals surface area contributed by atoms with Gasteiger partial charge < -0.3 is 10.2 Å². The topological polar surface area (TPSA) is 96.7 Å². The standard InChI is InChI=1S/C18H21N5O3S2/c1-10(16-11(2)20-22(4)12(16)3)19-17(24)13-5-6-14-15(9-13)27-18-21-28(25,26)8-7-23(14)18/h5-6,9-10H,7-8H2,1-4H3,(H,19,24). The summed E-state index contributed by atoms with van der Waals surface area (Å²) in [5, 5.41) is 7.89. The van der Waals surface area contributed by atoms with Crippen LogP contribution in [0.4, 0.5) is 5.69 Å². The number of sulfonamides is 1. The lowest BCUT2D eigenvalue weighted by Gasteiger charge is -2.22. The Morgan fingerprint density at radius 1 is 1.32 bits per heavy atom. The molecule has 0 radical (unpaired) electrons. The molecule has 0 fully saturated rings. The van der Waals surface area contributed by atoms with Gasteiger partial charge in [0.15, 0.2) is 5.17 Å². The van der Waals surface area contributed by atoms with Crippen LogP contribution in [-0.4, -0.2) is 41.6 Å². The number of thioether (sulfide) groups is 1. The van der Waals surface area contributed by atoms with Crippen molar-refractivity contribution in [1.82, 2.24) is 15.1 Å². The summed E-state index contributed by atoms with van der Waals surface area (Å²) in [6.07, 6.45) is 0. The van der Waals surface area contributed by atoms with Crippen molar-refractivity contribution in [3.8, 4) is 0 Å². The predicted octanol–water partition coefficient (Wildman–Crippen LogP) is 2.14. The molecule has 0 saturated carbocycles. The quantitative estimate of drug-likeness (QED) is 0.819. The summed E-state index contributed by atoms with van der Waals surface area (Å²) < 4.78 is 29.1. The predicted molar refractivity (Wildman–Crippen MR) is 109 cm³/mol. The lowest BCUT2D eigenvalue weighted by Crippen LogP contribution is -2.35. The molecular formula is C18H21N5O3S2. The number of carbonyl (C=O) groups excluding carboxylic acids is 1. The van der Waals surface area contributed by atoms with Crippen LogP contribution in [0.15, 0.2) is 27.5 Å². The Morgan fingerprint density at radius 2 is 2.07 bits per heavy atom. The second-order valence-corrected chi connectivity index (χ2v) is 9.76. The summed E-state index contributed by atoms with van der Waals surface area (Å²) in [6, 6.07) is 5.22. The minimum Gasteiger partial charge on any atom is -0.345 e. The van der Waals surface area contributed by atoms with Crippen molar-refractivity contribution in [2.45, 2.75) is 31.7 Å². The molecule has 1 aromatic carbocycles. The number of benzene rings is 1. The number of anilines is 1. The number of aromatic nitrogens is 2. The van der Waals surface area contributed by atoms with Gasteiger partial charge in [-0.3, -0.25) is 9.48 Å². The van der Waals surface area contributed by atoms with E-state index in [0.29, 0.717) is 17.3 Å². The Kier molecular flexibility index (Phi) is 4.50. The van der Waals surface area contributed by atoms with Gasteiger partial charge >= 0.3 is 0 Å². The van der Waals surface area contributed by atoms with Crippen LogP contribution in [0.2, 0.25) is 0 Å². The summed E-state index contributed by atoms with van der Waals surface area (Å²) in [6.45, 7) is 6.23. The Bertz CT molecular complexity index is 1120. The fraction of sp³-hybridized carbons (Fsp3) is 0.389. The zero-order valence-corrected chi connectivity index (χ0v) is 17.7. The number of hydrogen-bond acceptors (Lipinski definition) is 6. The molecule has 10 heteroatoms. The van der Waals surface area contributed by atoms with Gasteiger partial charge in [-0.05, 0) is 50.7 Å². The van der Waals surface area contributed by atoms with Gasteiger partial charge in [0, 0.05) is 35.3 Å². The van der Waals surface area contributed by atoms with Crippen molar-refractivity contribution in [2.75, 3.05) is 17.2 Å². The average Bonchev–Trinajstić information content (AvgIpc) is 3.08. The lowest BCUT2D eigenvalue weighted by molar-refractivity contribution is 0.0939. The van der Waals surface area contributed by atoms with Crippen LogP contribution >= 0.6 is 11.8 Å². The Hall–Kier alpha value is -2.33. The number of nitrogens with zero attached hydrogens (tertiary/aromatic N) is 4. The maximum atomic E-state index is 12.8. The third-order valence-corrected chi connectivity index (χ3v) is 7.39. The number of hydrogen-bond donors (Lipinski definition) is 1. The molecule has 0 bridgehead atoms. The molecule has 0 aliphatic carbocycles. The highest BCUT2D eigenvalue weighted by molar-refractivity contribution is 8.15. The van der Waals surface area contributed by atoms with Crippen molar-refractivity contribution < 1.29 is 13.2 Å². The van der Waals surface area contributed by atoms with Crippen LogP contribution in [0, 0.1) is 13.8 Å². The molecule has 1 aromatic heterocycles. The van der Waals surface area contributed by atoms with Gasteiger partial charge in [-0.2, -0.15) is 5.10 Å². The molecule has 1 unspecified atom stereocenters. The second kappa shape index (κ2) is 6.63. The number of aryl methyl sites for hydroxylation is 2. The first kappa shape index (κ1) is 19.0. The number of amides is 1. The van der Waals surface area contributed by atoms with Gasteiger partial charge in [-0.25, -0.2) is 8.42 Å². The normalized spacial score (nSPS) is 18.3. The summed E-state index contributed by atoms with van der Waals surface area (Å²) in [4.78, 5) is 15.5. The number of nitrogens with one attached hydrogen (secondary N) is 1. The Morgan fingerprint density at radius 3 is 2.75 bits per heavy atom. The number of rotatable bonds is 3. The fourth-order valence-corrected chi connectivity index (χ4v) is 5.94. The molecule has 8 nitrogen and oxygen atoms in total. The number of carbonyl (C=O) groups is 1. The van der Waals surface area contributed by atoms with Crippen LogP contribution in [0.1, 0.15) is 40.3 Å². The third-order valence-electron chi connectivity index (χ3n) is 5.08. The van der Waals surface area contributed by atoms with E-state index < -0.39 is 10.0 Å². The van der Waals surface area contributed by atoms with Crippen molar-refractivity contribution in [1.29, 1.82) is 0 Å². The first-order chi connectivity index (χ1) is 13.2. The first-order valence-corrected chi connectivity index (χ1v) is 11.3. The van der Waals surface area contributed by atoms with E-state index >= 15 is 0 Å². The van der Waals surface area contributed by atoms with Crippen LogP contribution < -0.4 is 10.2 Å². The van der Waals surface area contributed by atoms with Crippen molar-refractivity contribution in [3.63, 3.8) is 0 Å². The van der Waals surface area contributed by atoms with E-state index in [0.717, 1.165) is 27.5 Å². The molecule has 1 atom stereocenters. The average molecular weight is 420 g/mol. The van der Waals surface area contributed by atoms with Gasteiger partial charge in [-0.1, -0.05) is 0 Å². The van der Waals surface area contributed by atoms with Crippen LogP contribution in [-0.2, 0) is 17.1 Å². The van der Waals surface area contributed by atoms with Gasteiger partial charge in [-0.15, -0.1) is 4.40 Å². The zero-order chi connectivity index (χ0) is 20.2. The van der Waals surface area contributed by atoms with Gasteiger partial charge in [0.2, 0.25) is 0 Å². The van der Waals surface area contributed by atoms with E-state index in [9.17, 15) is 13.2 Å².